The van der Waals surface area contributed by atoms with E-state index in [2.05, 4.69) is 32.7 Å². The van der Waals surface area contributed by atoms with Gasteiger partial charge in [-0.1, -0.05) is 31.3 Å². The first-order valence-corrected chi connectivity index (χ1v) is 7.51. The largest absolute Gasteiger partial charge is 0.494 e. The van der Waals surface area contributed by atoms with E-state index in [1.807, 2.05) is 24.3 Å². The zero-order valence-corrected chi connectivity index (χ0v) is 13.8. The van der Waals surface area contributed by atoms with E-state index in [1.54, 1.807) is 0 Å². The predicted molar refractivity (Wildman–Crippen MR) is 89.4 cm³/mol. The summed E-state index contributed by atoms with van der Waals surface area (Å²) >= 11 is 4.96. The third-order valence-corrected chi connectivity index (χ3v) is 4.16. The zero-order chi connectivity index (χ0) is 15.2. The summed E-state index contributed by atoms with van der Waals surface area (Å²) in [5.41, 5.74) is 6.70. The fourth-order valence-corrected chi connectivity index (χ4v) is 1.93. The van der Waals surface area contributed by atoms with Crippen molar-refractivity contribution < 1.29 is 4.74 Å². The van der Waals surface area contributed by atoms with Crippen LogP contribution in [0.5, 0.6) is 5.75 Å². The third kappa shape index (κ3) is 5.10. The van der Waals surface area contributed by atoms with Crippen LogP contribution >= 0.6 is 12.2 Å². The van der Waals surface area contributed by atoms with Gasteiger partial charge in [0.05, 0.1) is 6.61 Å². The molecule has 0 saturated heterocycles. The lowest BCUT2D eigenvalue weighted by atomic mass is 10.00. The molecule has 0 aliphatic heterocycles. The number of thiocarbonyl (C=S) groups is 1. The van der Waals surface area contributed by atoms with Crippen LogP contribution < -0.4 is 10.5 Å². The van der Waals surface area contributed by atoms with Crippen molar-refractivity contribution in [3.05, 3.63) is 29.8 Å². The first-order chi connectivity index (χ1) is 9.36. The van der Waals surface area contributed by atoms with Crippen LogP contribution in [-0.2, 0) is 0 Å². The molecule has 1 aromatic rings. The Morgan fingerprint density at radius 2 is 2.10 bits per heavy atom. The molecule has 0 heterocycles. The van der Waals surface area contributed by atoms with Crippen LogP contribution in [0.1, 0.15) is 39.2 Å². The minimum atomic E-state index is 0.242. The Labute approximate surface area is 128 Å². The standard InChI is InChI=1S/C16H26N2OS/c1-5-16(2,3)18(4)10-7-11-19-14-9-6-8-13(12-14)15(17)20/h6,8-9,12H,5,7,10-11H2,1-4H3,(H2,17,20). The molecule has 2 N–H and O–H groups in total. The quantitative estimate of drug-likeness (QED) is 0.590. The minimum Gasteiger partial charge on any atom is -0.494 e. The Morgan fingerprint density at radius 3 is 2.70 bits per heavy atom. The fraction of sp³-hybridized carbons (Fsp3) is 0.562. The van der Waals surface area contributed by atoms with E-state index in [9.17, 15) is 0 Å². The van der Waals surface area contributed by atoms with E-state index < -0.39 is 0 Å². The number of nitrogens with two attached hydrogens (primary N) is 1. The minimum absolute atomic E-state index is 0.242. The lowest BCUT2D eigenvalue weighted by molar-refractivity contribution is 0.140. The molecular weight excluding hydrogens is 268 g/mol. The molecule has 0 saturated carbocycles. The molecule has 20 heavy (non-hydrogen) atoms. The van der Waals surface area contributed by atoms with E-state index in [1.165, 1.54) is 0 Å². The molecule has 0 fully saturated rings. The Balaban J connectivity index is 2.38. The SMILES string of the molecule is CCC(C)(C)N(C)CCCOc1cccc(C(N)=S)c1. The lowest BCUT2D eigenvalue weighted by Gasteiger charge is -2.34. The molecule has 0 aliphatic rings. The fourth-order valence-electron chi connectivity index (χ4n) is 1.80. The van der Waals surface area contributed by atoms with Crippen LogP contribution in [-0.4, -0.2) is 35.6 Å². The van der Waals surface area contributed by atoms with Crippen molar-refractivity contribution in [2.45, 2.75) is 39.2 Å². The molecule has 1 aromatic carbocycles. The van der Waals surface area contributed by atoms with Gasteiger partial charge in [0, 0.05) is 17.6 Å². The lowest BCUT2D eigenvalue weighted by Crippen LogP contribution is -2.41. The van der Waals surface area contributed by atoms with E-state index in [4.69, 9.17) is 22.7 Å². The molecule has 4 heteroatoms. The van der Waals surface area contributed by atoms with Gasteiger partial charge in [0.2, 0.25) is 0 Å². The van der Waals surface area contributed by atoms with Crippen molar-refractivity contribution in [2.24, 2.45) is 5.73 Å². The van der Waals surface area contributed by atoms with E-state index in [0.717, 1.165) is 30.7 Å². The summed E-state index contributed by atoms with van der Waals surface area (Å²) in [4.78, 5) is 2.78. The van der Waals surface area contributed by atoms with Gasteiger partial charge in [0.15, 0.2) is 0 Å². The molecule has 0 atom stereocenters. The number of nitrogens with zero attached hydrogens (tertiary/aromatic N) is 1. The van der Waals surface area contributed by atoms with Crippen LogP contribution in [0.25, 0.3) is 0 Å². The molecule has 0 aromatic heterocycles. The number of benzene rings is 1. The van der Waals surface area contributed by atoms with Crippen LogP contribution in [0.3, 0.4) is 0 Å². The van der Waals surface area contributed by atoms with Crippen LogP contribution in [0.4, 0.5) is 0 Å². The molecular formula is C16H26N2OS. The highest BCUT2D eigenvalue weighted by atomic mass is 32.1. The summed E-state index contributed by atoms with van der Waals surface area (Å²) < 4.78 is 5.75. The van der Waals surface area contributed by atoms with Gasteiger partial charge in [0.1, 0.15) is 10.7 Å². The van der Waals surface area contributed by atoms with E-state index in [-0.39, 0.29) is 5.54 Å². The zero-order valence-electron chi connectivity index (χ0n) is 13.0. The van der Waals surface area contributed by atoms with Crippen molar-refractivity contribution in [2.75, 3.05) is 20.2 Å². The summed E-state index contributed by atoms with van der Waals surface area (Å²) in [6, 6.07) is 7.63. The van der Waals surface area contributed by atoms with E-state index >= 15 is 0 Å². The first-order valence-electron chi connectivity index (χ1n) is 7.10. The van der Waals surface area contributed by atoms with Gasteiger partial charge in [-0.05, 0) is 45.9 Å². The maximum atomic E-state index is 5.75. The molecule has 0 unspecified atom stereocenters. The molecule has 0 aliphatic carbocycles. The Hall–Kier alpha value is -1.13. The van der Waals surface area contributed by atoms with Gasteiger partial charge < -0.3 is 15.4 Å². The molecule has 112 valence electrons. The normalized spacial score (nSPS) is 11.7. The molecule has 1 rings (SSSR count). The first kappa shape index (κ1) is 16.9. The number of hydrogen-bond donors (Lipinski definition) is 1. The van der Waals surface area contributed by atoms with Crippen LogP contribution in [0.2, 0.25) is 0 Å². The molecule has 0 spiro atoms. The van der Waals surface area contributed by atoms with Gasteiger partial charge in [-0.2, -0.15) is 0 Å². The topological polar surface area (TPSA) is 38.5 Å². The number of ether oxygens (including phenoxy) is 1. The Bertz CT molecular complexity index is 446. The second-order valence-corrected chi connectivity index (χ2v) is 6.12. The van der Waals surface area contributed by atoms with Gasteiger partial charge >= 0.3 is 0 Å². The Kier molecular flexibility index (Phi) is 6.43. The molecule has 0 bridgehead atoms. The summed E-state index contributed by atoms with van der Waals surface area (Å²) in [5, 5.41) is 0. The number of hydrogen-bond acceptors (Lipinski definition) is 3. The second kappa shape index (κ2) is 7.60. The van der Waals surface area contributed by atoms with E-state index in [0.29, 0.717) is 11.6 Å². The average molecular weight is 294 g/mol. The van der Waals surface area contributed by atoms with Gasteiger partial charge in [-0.3, -0.25) is 0 Å². The predicted octanol–water partition coefficient (Wildman–Crippen LogP) is 3.21. The highest BCUT2D eigenvalue weighted by Crippen LogP contribution is 2.17. The van der Waals surface area contributed by atoms with Crippen LogP contribution in [0, 0.1) is 0 Å². The highest BCUT2D eigenvalue weighted by Gasteiger charge is 2.20. The van der Waals surface area contributed by atoms with Crippen molar-refractivity contribution in [3.63, 3.8) is 0 Å². The average Bonchev–Trinajstić information content (AvgIpc) is 2.43. The Morgan fingerprint density at radius 1 is 1.40 bits per heavy atom. The smallest absolute Gasteiger partial charge is 0.119 e. The second-order valence-electron chi connectivity index (χ2n) is 5.68. The van der Waals surface area contributed by atoms with Crippen molar-refractivity contribution in [3.8, 4) is 5.75 Å². The summed E-state index contributed by atoms with van der Waals surface area (Å²) in [7, 11) is 2.16. The van der Waals surface area contributed by atoms with Crippen molar-refractivity contribution in [1.82, 2.24) is 4.90 Å². The van der Waals surface area contributed by atoms with Gasteiger partial charge in [0.25, 0.3) is 0 Å². The monoisotopic (exact) mass is 294 g/mol. The molecule has 0 radical (unpaired) electrons. The summed E-state index contributed by atoms with van der Waals surface area (Å²) in [6.45, 7) is 8.47. The maximum Gasteiger partial charge on any atom is 0.119 e. The molecule has 0 amide bonds. The third-order valence-electron chi connectivity index (χ3n) is 3.92. The van der Waals surface area contributed by atoms with Crippen molar-refractivity contribution >= 4 is 17.2 Å². The molecule has 3 nitrogen and oxygen atoms in total. The van der Waals surface area contributed by atoms with Gasteiger partial charge in [-0.25, -0.2) is 0 Å². The maximum absolute atomic E-state index is 5.75. The number of rotatable bonds is 8. The van der Waals surface area contributed by atoms with Crippen LogP contribution in [0.15, 0.2) is 24.3 Å². The summed E-state index contributed by atoms with van der Waals surface area (Å²) in [6.07, 6.45) is 2.14. The van der Waals surface area contributed by atoms with Crippen molar-refractivity contribution in [1.29, 1.82) is 0 Å². The highest BCUT2D eigenvalue weighted by molar-refractivity contribution is 7.80. The van der Waals surface area contributed by atoms with Gasteiger partial charge in [-0.15, -0.1) is 0 Å². The summed E-state index contributed by atoms with van der Waals surface area (Å²) in [5.74, 6) is 0.827.